The SMILES string of the molecule is CCOc1c(C(=O)NC2CCN(C)CC2)[nH]c2cc(CC)n(-c3cccc(F)c3)c(=O)c12.O=CCO. The number of piperidine rings is 1. The highest BCUT2D eigenvalue weighted by Gasteiger charge is 2.26. The number of likely N-dealkylation sites (tertiary alicyclic amines) is 1. The van der Waals surface area contributed by atoms with Gasteiger partial charge in [0.25, 0.3) is 11.5 Å². The average molecular weight is 501 g/mol. The number of nitrogens with zero attached hydrogens (tertiary/aromatic N) is 2. The Labute approximate surface area is 208 Å². The van der Waals surface area contributed by atoms with Gasteiger partial charge in [0.1, 0.15) is 23.2 Å². The lowest BCUT2D eigenvalue weighted by molar-refractivity contribution is -0.110. The van der Waals surface area contributed by atoms with Gasteiger partial charge in [-0.3, -0.25) is 14.2 Å². The number of amides is 1. The molecule has 194 valence electrons. The first-order valence-electron chi connectivity index (χ1n) is 12.1. The maximum atomic E-state index is 13.9. The number of benzene rings is 1. The molecule has 3 heterocycles. The summed E-state index contributed by atoms with van der Waals surface area (Å²) in [5.41, 5.74) is 1.59. The van der Waals surface area contributed by atoms with Crippen LogP contribution in [0.5, 0.6) is 5.75 Å². The van der Waals surface area contributed by atoms with E-state index < -0.39 is 5.82 Å². The number of aliphatic hydroxyl groups excluding tert-OH is 1. The number of aromatic nitrogens is 2. The smallest absolute Gasteiger partial charge is 0.271 e. The molecule has 1 fully saturated rings. The van der Waals surface area contributed by atoms with Gasteiger partial charge >= 0.3 is 0 Å². The molecule has 0 atom stereocenters. The van der Waals surface area contributed by atoms with Crippen LogP contribution in [0.4, 0.5) is 4.39 Å². The molecule has 10 heteroatoms. The van der Waals surface area contributed by atoms with Crippen LogP contribution in [0.3, 0.4) is 0 Å². The van der Waals surface area contributed by atoms with Gasteiger partial charge in [-0.2, -0.15) is 0 Å². The fraction of sp³-hybridized carbons (Fsp3) is 0.423. The lowest BCUT2D eigenvalue weighted by atomic mass is 10.1. The molecule has 0 saturated carbocycles. The number of aliphatic hydroxyl groups is 1. The van der Waals surface area contributed by atoms with E-state index in [2.05, 4.69) is 22.2 Å². The third-order valence-corrected chi connectivity index (χ3v) is 6.07. The molecule has 2 aromatic heterocycles. The summed E-state index contributed by atoms with van der Waals surface area (Å²) in [6.45, 7) is 5.53. The Morgan fingerprint density at radius 3 is 2.56 bits per heavy atom. The zero-order chi connectivity index (χ0) is 26.2. The van der Waals surface area contributed by atoms with Crippen molar-refractivity contribution in [3.8, 4) is 11.4 Å². The summed E-state index contributed by atoms with van der Waals surface area (Å²) in [6.07, 6.45) is 2.74. The molecule has 4 rings (SSSR count). The van der Waals surface area contributed by atoms with Crippen molar-refractivity contribution in [3.05, 3.63) is 57.9 Å². The van der Waals surface area contributed by atoms with Crippen molar-refractivity contribution in [2.24, 2.45) is 0 Å². The van der Waals surface area contributed by atoms with Crippen LogP contribution in [0.2, 0.25) is 0 Å². The van der Waals surface area contributed by atoms with Crippen molar-refractivity contribution >= 4 is 23.1 Å². The maximum Gasteiger partial charge on any atom is 0.271 e. The number of rotatable bonds is 7. The molecule has 1 aliphatic rings. The molecule has 9 nitrogen and oxygen atoms in total. The minimum Gasteiger partial charge on any atom is -0.491 e. The normalized spacial score (nSPS) is 14.2. The second kappa shape index (κ2) is 12.5. The number of fused-ring (bicyclic) bond motifs is 1. The number of pyridine rings is 1. The summed E-state index contributed by atoms with van der Waals surface area (Å²) in [6, 6.07) is 7.84. The van der Waals surface area contributed by atoms with E-state index in [1.165, 1.54) is 16.7 Å². The number of carbonyl (C=O) groups is 2. The molecule has 1 amide bonds. The summed E-state index contributed by atoms with van der Waals surface area (Å²) in [5.74, 6) is -0.464. The van der Waals surface area contributed by atoms with Crippen molar-refractivity contribution in [1.29, 1.82) is 0 Å². The highest BCUT2D eigenvalue weighted by atomic mass is 19.1. The van der Waals surface area contributed by atoms with Crippen molar-refractivity contribution in [2.45, 2.75) is 39.2 Å². The molecule has 0 bridgehead atoms. The quantitative estimate of drug-likeness (QED) is 0.429. The van der Waals surface area contributed by atoms with Crippen LogP contribution in [0.15, 0.2) is 35.1 Å². The standard InChI is InChI=1S/C24H29FN4O3.C2H4O2/c1-4-17-14-19-20(24(31)29(17)18-8-6-7-15(25)13-18)22(32-5-2)21(27-19)23(30)26-16-9-11-28(3)12-10-16;3-1-2-4/h6-8,13-14,16,27H,4-5,9-12H2,1-3H3,(H,26,30);1,4H,2H2. The van der Waals surface area contributed by atoms with Crippen molar-refractivity contribution in [1.82, 2.24) is 19.8 Å². The number of aryl methyl sites for hydroxylation is 1. The zero-order valence-corrected chi connectivity index (χ0v) is 20.8. The van der Waals surface area contributed by atoms with E-state index in [0.717, 1.165) is 25.9 Å². The fourth-order valence-electron chi connectivity index (χ4n) is 4.31. The Bertz CT molecular complexity index is 1260. The number of aldehydes is 1. The van der Waals surface area contributed by atoms with Crippen molar-refractivity contribution in [2.75, 3.05) is 33.4 Å². The van der Waals surface area contributed by atoms with Crippen LogP contribution in [-0.2, 0) is 11.2 Å². The van der Waals surface area contributed by atoms with Gasteiger partial charge in [0, 0.05) is 11.7 Å². The van der Waals surface area contributed by atoms with Crippen LogP contribution in [0.1, 0.15) is 42.9 Å². The molecular formula is C26H33FN4O5. The summed E-state index contributed by atoms with van der Waals surface area (Å²) >= 11 is 0. The highest BCUT2D eigenvalue weighted by Crippen LogP contribution is 2.30. The zero-order valence-electron chi connectivity index (χ0n) is 20.8. The Kier molecular flexibility index (Phi) is 9.38. The largest absolute Gasteiger partial charge is 0.491 e. The Morgan fingerprint density at radius 1 is 1.28 bits per heavy atom. The molecule has 0 unspecified atom stereocenters. The average Bonchev–Trinajstić information content (AvgIpc) is 3.24. The van der Waals surface area contributed by atoms with E-state index in [-0.39, 0.29) is 35.6 Å². The van der Waals surface area contributed by atoms with E-state index in [1.54, 1.807) is 12.1 Å². The molecule has 1 aromatic carbocycles. The minimum atomic E-state index is -0.422. The van der Waals surface area contributed by atoms with Crippen LogP contribution in [0, 0.1) is 5.82 Å². The summed E-state index contributed by atoms with van der Waals surface area (Å²) in [4.78, 5) is 41.0. The highest BCUT2D eigenvalue weighted by molar-refractivity contribution is 6.03. The number of aromatic amines is 1. The van der Waals surface area contributed by atoms with Crippen LogP contribution in [-0.4, -0.2) is 71.1 Å². The molecular weight excluding hydrogens is 467 g/mol. The van der Waals surface area contributed by atoms with Gasteiger partial charge in [-0.05, 0) is 70.6 Å². The number of halogens is 1. The second-order valence-corrected chi connectivity index (χ2v) is 8.56. The minimum absolute atomic E-state index is 0.0785. The molecule has 0 spiro atoms. The second-order valence-electron chi connectivity index (χ2n) is 8.56. The van der Waals surface area contributed by atoms with Crippen molar-refractivity contribution in [3.63, 3.8) is 0 Å². The Hall–Kier alpha value is -3.50. The predicted octanol–water partition coefficient (Wildman–Crippen LogP) is 2.42. The molecule has 0 radical (unpaired) electrons. The number of hydrogen-bond acceptors (Lipinski definition) is 6. The lowest BCUT2D eigenvalue weighted by Gasteiger charge is -2.29. The van der Waals surface area contributed by atoms with Gasteiger partial charge in [-0.15, -0.1) is 0 Å². The predicted molar refractivity (Wildman–Crippen MR) is 136 cm³/mol. The van der Waals surface area contributed by atoms with Gasteiger partial charge < -0.3 is 29.8 Å². The summed E-state index contributed by atoms with van der Waals surface area (Å²) in [7, 11) is 2.07. The van der Waals surface area contributed by atoms with Gasteiger partial charge in [-0.1, -0.05) is 13.0 Å². The molecule has 1 saturated heterocycles. The number of ether oxygens (including phenoxy) is 1. The Balaban J connectivity index is 0.000000840. The third-order valence-electron chi connectivity index (χ3n) is 6.07. The molecule has 3 N–H and O–H groups in total. The van der Waals surface area contributed by atoms with E-state index in [0.29, 0.717) is 41.6 Å². The molecule has 0 aliphatic carbocycles. The first kappa shape index (κ1) is 27.1. The monoisotopic (exact) mass is 500 g/mol. The molecule has 36 heavy (non-hydrogen) atoms. The first-order chi connectivity index (χ1) is 17.3. The summed E-state index contributed by atoms with van der Waals surface area (Å²) < 4.78 is 21.2. The third kappa shape index (κ3) is 6.00. The maximum absolute atomic E-state index is 13.9. The summed E-state index contributed by atoms with van der Waals surface area (Å²) in [5, 5.41) is 10.9. The van der Waals surface area contributed by atoms with E-state index in [9.17, 15) is 14.0 Å². The van der Waals surface area contributed by atoms with E-state index in [1.807, 2.05) is 19.9 Å². The molecule has 3 aromatic rings. The van der Waals surface area contributed by atoms with Gasteiger partial charge in [0.2, 0.25) is 0 Å². The van der Waals surface area contributed by atoms with Crippen LogP contribution < -0.4 is 15.6 Å². The lowest BCUT2D eigenvalue weighted by Crippen LogP contribution is -2.43. The van der Waals surface area contributed by atoms with Crippen molar-refractivity contribution < 1.29 is 23.8 Å². The Morgan fingerprint density at radius 2 is 1.97 bits per heavy atom. The number of carbonyl (C=O) groups excluding carboxylic acids is 2. The van der Waals surface area contributed by atoms with E-state index >= 15 is 0 Å². The fourth-order valence-corrected chi connectivity index (χ4v) is 4.31. The molecule has 1 aliphatic heterocycles. The van der Waals surface area contributed by atoms with Gasteiger partial charge in [0.05, 0.1) is 24.4 Å². The first-order valence-corrected chi connectivity index (χ1v) is 12.1. The van der Waals surface area contributed by atoms with E-state index in [4.69, 9.17) is 14.6 Å². The van der Waals surface area contributed by atoms with Gasteiger partial charge in [0.15, 0.2) is 5.75 Å². The van der Waals surface area contributed by atoms with Crippen LogP contribution >= 0.6 is 0 Å². The van der Waals surface area contributed by atoms with Crippen LogP contribution in [0.25, 0.3) is 16.6 Å². The topological polar surface area (TPSA) is 117 Å². The number of nitrogens with one attached hydrogen (secondary N) is 2. The van der Waals surface area contributed by atoms with Gasteiger partial charge in [-0.25, -0.2) is 4.39 Å². The number of hydrogen-bond donors (Lipinski definition) is 3. The number of H-pyrrole nitrogens is 1.